The van der Waals surface area contributed by atoms with Crippen molar-refractivity contribution in [2.24, 2.45) is 5.92 Å². The van der Waals surface area contributed by atoms with Crippen LogP contribution in [0.25, 0.3) is 0 Å². The van der Waals surface area contributed by atoms with Gasteiger partial charge in [-0.1, -0.05) is 17.7 Å². The standard InChI is InChI=1S/C28H35ClN2O5S/c1-18-11-21(12-19(2)36-18)15-31-16-28(10-4-5-22-13-23(29)6-8-25(22)28)17-35-27-9-7-24(14-26(27)31)37(33,34)30-20(3)32/h6-9,13-14,18-19,21H,4-5,10-12,15-17H2,1-3H3,(H,30,32)/t18-,19+,21?,28?. The second-order valence-corrected chi connectivity index (χ2v) is 13.1. The summed E-state index contributed by atoms with van der Waals surface area (Å²) >= 11 is 6.35. The zero-order chi connectivity index (χ0) is 26.4. The Bertz CT molecular complexity index is 1290. The fourth-order valence-corrected chi connectivity index (χ4v) is 7.72. The minimum absolute atomic E-state index is 0.0514. The zero-order valence-electron chi connectivity index (χ0n) is 21.6. The quantitative estimate of drug-likeness (QED) is 0.590. The van der Waals surface area contributed by atoms with Crippen LogP contribution in [0.5, 0.6) is 5.75 Å². The Labute approximate surface area is 224 Å². The van der Waals surface area contributed by atoms with Crippen molar-refractivity contribution in [3.63, 3.8) is 0 Å². The van der Waals surface area contributed by atoms with Gasteiger partial charge < -0.3 is 14.4 Å². The number of nitrogens with zero attached hydrogens (tertiary/aromatic N) is 1. The van der Waals surface area contributed by atoms with Crippen LogP contribution in [0, 0.1) is 5.92 Å². The Kier molecular flexibility index (Phi) is 7.20. The number of aryl methyl sites for hydroxylation is 1. The minimum Gasteiger partial charge on any atom is -0.490 e. The zero-order valence-corrected chi connectivity index (χ0v) is 23.2. The maximum atomic E-state index is 12.9. The molecule has 7 nitrogen and oxygen atoms in total. The summed E-state index contributed by atoms with van der Waals surface area (Å²) in [5.41, 5.74) is 3.03. The second-order valence-electron chi connectivity index (χ2n) is 11.0. The lowest BCUT2D eigenvalue weighted by Gasteiger charge is -2.42. The van der Waals surface area contributed by atoms with Crippen molar-refractivity contribution < 1.29 is 22.7 Å². The van der Waals surface area contributed by atoms with E-state index in [4.69, 9.17) is 21.1 Å². The number of nitrogens with one attached hydrogen (secondary N) is 1. The number of fused-ring (bicyclic) bond motifs is 3. The summed E-state index contributed by atoms with van der Waals surface area (Å²) in [7, 11) is -3.98. The lowest BCUT2D eigenvalue weighted by Crippen LogP contribution is -2.47. The van der Waals surface area contributed by atoms with Gasteiger partial charge >= 0.3 is 0 Å². The number of carbonyl (C=O) groups excluding carboxylic acids is 1. The molecule has 0 bridgehead atoms. The van der Waals surface area contributed by atoms with Crippen LogP contribution in [0.2, 0.25) is 5.02 Å². The third-order valence-electron chi connectivity index (χ3n) is 7.87. The smallest absolute Gasteiger partial charge is 0.264 e. The molecule has 1 spiro atoms. The van der Waals surface area contributed by atoms with Gasteiger partial charge in [-0.05, 0) is 93.3 Å². The van der Waals surface area contributed by atoms with E-state index in [-0.39, 0.29) is 22.5 Å². The average Bonchev–Trinajstić information content (AvgIpc) is 2.95. The highest BCUT2D eigenvalue weighted by molar-refractivity contribution is 7.90. The largest absolute Gasteiger partial charge is 0.490 e. The normalized spacial score (nSPS) is 27.6. The van der Waals surface area contributed by atoms with Crippen molar-refractivity contribution in [2.45, 2.75) is 75.4 Å². The molecule has 3 aliphatic rings. The van der Waals surface area contributed by atoms with Crippen LogP contribution >= 0.6 is 11.6 Å². The number of sulfonamides is 1. The number of benzene rings is 2. The summed E-state index contributed by atoms with van der Waals surface area (Å²) in [4.78, 5) is 13.9. The third-order valence-corrected chi connectivity index (χ3v) is 9.54. The summed E-state index contributed by atoms with van der Waals surface area (Å²) in [6, 6.07) is 11.0. The van der Waals surface area contributed by atoms with Crippen LogP contribution in [0.4, 0.5) is 5.69 Å². The van der Waals surface area contributed by atoms with Crippen LogP contribution in [0.1, 0.15) is 57.6 Å². The molecule has 0 aromatic heterocycles. The van der Waals surface area contributed by atoms with E-state index in [1.165, 1.54) is 24.1 Å². The molecule has 1 fully saturated rings. The minimum atomic E-state index is -3.98. The van der Waals surface area contributed by atoms with Gasteiger partial charge in [-0.3, -0.25) is 4.79 Å². The molecule has 4 atom stereocenters. The van der Waals surface area contributed by atoms with Gasteiger partial charge in [-0.15, -0.1) is 0 Å². The number of halogens is 1. The van der Waals surface area contributed by atoms with Crippen LogP contribution in [0.15, 0.2) is 41.3 Å². The highest BCUT2D eigenvalue weighted by Crippen LogP contribution is 2.45. The first kappa shape index (κ1) is 26.3. The molecule has 2 unspecified atom stereocenters. The van der Waals surface area contributed by atoms with Crippen LogP contribution in [-0.4, -0.2) is 46.2 Å². The molecule has 2 heterocycles. The molecule has 2 aromatic rings. The average molecular weight is 547 g/mol. The van der Waals surface area contributed by atoms with Crippen molar-refractivity contribution in [1.82, 2.24) is 4.72 Å². The molecule has 2 aromatic carbocycles. The van der Waals surface area contributed by atoms with Crippen LogP contribution in [-0.2, 0) is 31.4 Å². The molecule has 200 valence electrons. The molecule has 1 amide bonds. The number of hydrogen-bond acceptors (Lipinski definition) is 6. The number of carbonyl (C=O) groups is 1. The van der Waals surface area contributed by atoms with Gasteiger partial charge in [0.25, 0.3) is 10.0 Å². The lowest BCUT2D eigenvalue weighted by atomic mass is 9.70. The third kappa shape index (κ3) is 5.47. The summed E-state index contributed by atoms with van der Waals surface area (Å²) in [5.74, 6) is 0.434. The Balaban J connectivity index is 1.57. The van der Waals surface area contributed by atoms with Crippen molar-refractivity contribution in [3.8, 4) is 5.75 Å². The fourth-order valence-electron chi connectivity index (χ4n) is 6.51. The topological polar surface area (TPSA) is 84.9 Å². The molecule has 2 aliphatic heterocycles. The van der Waals surface area contributed by atoms with E-state index in [1.807, 2.05) is 6.07 Å². The van der Waals surface area contributed by atoms with Gasteiger partial charge in [-0.25, -0.2) is 13.1 Å². The second kappa shape index (κ2) is 10.1. The van der Waals surface area contributed by atoms with E-state index in [0.29, 0.717) is 24.8 Å². The number of ether oxygens (including phenoxy) is 2. The Morgan fingerprint density at radius 1 is 1.16 bits per heavy atom. The first-order chi connectivity index (χ1) is 17.5. The molecular formula is C28H35ClN2O5S. The van der Waals surface area contributed by atoms with Gasteiger partial charge in [-0.2, -0.15) is 0 Å². The number of rotatable bonds is 4. The number of amides is 1. The van der Waals surface area contributed by atoms with Gasteiger partial charge in [0.15, 0.2) is 0 Å². The van der Waals surface area contributed by atoms with E-state index in [9.17, 15) is 13.2 Å². The summed E-state index contributed by atoms with van der Waals surface area (Å²) in [6.07, 6.45) is 5.24. The molecule has 0 saturated carbocycles. The van der Waals surface area contributed by atoms with Crippen LogP contribution in [0.3, 0.4) is 0 Å². The molecule has 37 heavy (non-hydrogen) atoms. The highest BCUT2D eigenvalue weighted by atomic mass is 35.5. The molecule has 0 radical (unpaired) electrons. The molecule has 1 N–H and O–H groups in total. The van der Waals surface area contributed by atoms with Crippen molar-refractivity contribution >= 4 is 33.2 Å². The van der Waals surface area contributed by atoms with Gasteiger partial charge in [0.05, 0.1) is 29.4 Å². The fraction of sp³-hybridized carbons (Fsp3) is 0.536. The van der Waals surface area contributed by atoms with Crippen molar-refractivity contribution in [1.29, 1.82) is 0 Å². The van der Waals surface area contributed by atoms with Crippen LogP contribution < -0.4 is 14.4 Å². The first-order valence-corrected chi connectivity index (χ1v) is 14.9. The Morgan fingerprint density at radius 2 is 1.92 bits per heavy atom. The molecule has 9 heteroatoms. The van der Waals surface area contributed by atoms with Gasteiger partial charge in [0, 0.05) is 30.5 Å². The number of hydrogen-bond donors (Lipinski definition) is 1. The van der Waals surface area contributed by atoms with E-state index in [1.54, 1.807) is 12.1 Å². The first-order valence-electron chi connectivity index (χ1n) is 13.0. The van der Waals surface area contributed by atoms with E-state index >= 15 is 0 Å². The van der Waals surface area contributed by atoms with Gasteiger partial charge in [0.2, 0.25) is 5.91 Å². The Hall–Kier alpha value is -2.29. The summed E-state index contributed by atoms with van der Waals surface area (Å²) < 4.78 is 40.3. The predicted molar refractivity (Wildman–Crippen MR) is 144 cm³/mol. The Morgan fingerprint density at radius 3 is 2.65 bits per heavy atom. The molecule has 5 rings (SSSR count). The molecular weight excluding hydrogens is 512 g/mol. The lowest BCUT2D eigenvalue weighted by molar-refractivity contribution is -0.117. The maximum absolute atomic E-state index is 12.9. The van der Waals surface area contributed by atoms with Crippen molar-refractivity contribution in [2.75, 3.05) is 24.6 Å². The maximum Gasteiger partial charge on any atom is 0.264 e. The highest BCUT2D eigenvalue weighted by Gasteiger charge is 2.42. The predicted octanol–water partition coefficient (Wildman–Crippen LogP) is 4.84. The monoisotopic (exact) mass is 546 g/mol. The SMILES string of the molecule is CC(=O)NS(=O)(=O)c1ccc2c(c1)N(CC1C[C@@H](C)O[C@@H](C)C1)CC1(CCCc3cc(Cl)ccc31)CO2. The van der Waals surface area contributed by atoms with E-state index in [0.717, 1.165) is 49.4 Å². The van der Waals surface area contributed by atoms with Crippen molar-refractivity contribution in [3.05, 3.63) is 52.5 Å². The van der Waals surface area contributed by atoms with E-state index in [2.05, 4.69) is 35.6 Å². The van der Waals surface area contributed by atoms with E-state index < -0.39 is 15.9 Å². The summed E-state index contributed by atoms with van der Waals surface area (Å²) in [5, 5.41) is 0.739. The molecule has 1 saturated heterocycles. The number of anilines is 1. The summed E-state index contributed by atoms with van der Waals surface area (Å²) in [6.45, 7) is 7.40. The molecule has 1 aliphatic carbocycles. The van der Waals surface area contributed by atoms with Gasteiger partial charge in [0.1, 0.15) is 5.75 Å².